The lowest BCUT2D eigenvalue weighted by Gasteiger charge is -2.30. The van der Waals surface area contributed by atoms with Crippen molar-refractivity contribution in [2.75, 3.05) is 25.1 Å². The van der Waals surface area contributed by atoms with Crippen LogP contribution in [0.5, 0.6) is 5.75 Å². The molecule has 1 aromatic rings. The second-order valence-corrected chi connectivity index (χ2v) is 4.86. The second-order valence-electron chi connectivity index (χ2n) is 4.86. The number of nitrogens with two attached hydrogens (primary N) is 1. The number of rotatable bonds is 6. The van der Waals surface area contributed by atoms with Gasteiger partial charge in [0.05, 0.1) is 13.4 Å². The topological polar surface area (TPSA) is 84.2 Å². The van der Waals surface area contributed by atoms with Crippen LogP contribution in [-0.2, 0) is 0 Å². The van der Waals surface area contributed by atoms with E-state index >= 15 is 0 Å². The predicted molar refractivity (Wildman–Crippen MR) is 74.7 cm³/mol. The Hall–Kier alpha value is -1.56. The number of aromatic amines is 1. The average molecular weight is 266 g/mol. The van der Waals surface area contributed by atoms with Gasteiger partial charge in [-0.15, -0.1) is 0 Å². The minimum absolute atomic E-state index is 0.233. The summed E-state index contributed by atoms with van der Waals surface area (Å²) < 4.78 is 5.22. The summed E-state index contributed by atoms with van der Waals surface area (Å²) in [6, 6.07) is 0.440. The minimum atomic E-state index is -0.233. The van der Waals surface area contributed by atoms with Crippen LogP contribution in [0, 0.1) is 0 Å². The molecule has 0 unspecified atom stereocenters. The fraction of sp³-hybridized carbons (Fsp3) is 0.692. The molecule has 2 rings (SSSR count). The van der Waals surface area contributed by atoms with Gasteiger partial charge in [-0.25, -0.2) is 4.98 Å². The standard InChI is InChI=1S/C13H22N4O2/c1-19-11-12(15-9-16-13(11)18)17(8-4-7-14)10-5-2-3-6-10/h9-10H,2-8,14H2,1H3,(H,15,16,18). The molecule has 6 heteroatoms. The van der Waals surface area contributed by atoms with Crippen LogP contribution >= 0.6 is 0 Å². The largest absolute Gasteiger partial charge is 0.489 e. The first kappa shape index (κ1) is 13.9. The number of nitrogens with zero attached hydrogens (tertiary/aromatic N) is 2. The van der Waals surface area contributed by atoms with Crippen molar-refractivity contribution in [1.82, 2.24) is 9.97 Å². The maximum Gasteiger partial charge on any atom is 0.295 e. The summed E-state index contributed by atoms with van der Waals surface area (Å²) in [5.41, 5.74) is 5.37. The number of methoxy groups -OCH3 is 1. The van der Waals surface area contributed by atoms with Crippen molar-refractivity contribution >= 4 is 5.82 Å². The molecule has 1 aliphatic carbocycles. The molecule has 0 atom stereocenters. The monoisotopic (exact) mass is 266 g/mol. The van der Waals surface area contributed by atoms with Crippen LogP contribution in [0.25, 0.3) is 0 Å². The summed E-state index contributed by atoms with van der Waals surface area (Å²) in [5.74, 6) is 0.943. The van der Waals surface area contributed by atoms with Crippen LogP contribution in [0.4, 0.5) is 5.82 Å². The van der Waals surface area contributed by atoms with Gasteiger partial charge in [-0.05, 0) is 25.8 Å². The first-order chi connectivity index (χ1) is 9.27. The Morgan fingerprint density at radius 1 is 1.53 bits per heavy atom. The molecule has 0 saturated heterocycles. The van der Waals surface area contributed by atoms with Crippen molar-refractivity contribution in [2.24, 2.45) is 5.73 Å². The summed E-state index contributed by atoms with van der Waals surface area (Å²) >= 11 is 0. The highest BCUT2D eigenvalue weighted by molar-refractivity contribution is 5.51. The van der Waals surface area contributed by atoms with Crippen LogP contribution < -0.4 is 20.9 Å². The van der Waals surface area contributed by atoms with Gasteiger partial charge in [0.25, 0.3) is 5.56 Å². The smallest absolute Gasteiger partial charge is 0.295 e. The van der Waals surface area contributed by atoms with Gasteiger partial charge in [-0.1, -0.05) is 12.8 Å². The molecule has 106 valence electrons. The molecule has 0 bridgehead atoms. The van der Waals surface area contributed by atoms with Crippen molar-refractivity contribution in [2.45, 2.75) is 38.1 Å². The molecule has 0 spiro atoms. The molecule has 0 amide bonds. The van der Waals surface area contributed by atoms with Crippen LogP contribution in [0.15, 0.2) is 11.1 Å². The van der Waals surface area contributed by atoms with Crippen molar-refractivity contribution in [3.63, 3.8) is 0 Å². The van der Waals surface area contributed by atoms with E-state index in [1.165, 1.54) is 26.3 Å². The number of nitrogens with one attached hydrogen (secondary N) is 1. The molecule has 3 N–H and O–H groups in total. The van der Waals surface area contributed by atoms with Crippen molar-refractivity contribution < 1.29 is 4.74 Å². The lowest BCUT2D eigenvalue weighted by atomic mass is 10.2. The number of H-pyrrole nitrogens is 1. The number of hydrogen-bond acceptors (Lipinski definition) is 5. The van der Waals surface area contributed by atoms with Crippen LogP contribution in [0.3, 0.4) is 0 Å². The van der Waals surface area contributed by atoms with Crippen LogP contribution in [-0.4, -0.2) is 36.2 Å². The number of ether oxygens (including phenoxy) is 1. The Morgan fingerprint density at radius 2 is 2.26 bits per heavy atom. The summed E-state index contributed by atoms with van der Waals surface area (Å²) in [7, 11) is 1.51. The quantitative estimate of drug-likeness (QED) is 0.798. The summed E-state index contributed by atoms with van der Waals surface area (Å²) in [6.45, 7) is 1.45. The molecule has 0 radical (unpaired) electrons. The van der Waals surface area contributed by atoms with Gasteiger partial charge >= 0.3 is 0 Å². The maximum absolute atomic E-state index is 11.8. The fourth-order valence-corrected chi connectivity index (χ4v) is 2.71. The molecule has 1 aliphatic rings. The lowest BCUT2D eigenvalue weighted by Crippen LogP contribution is -2.37. The summed E-state index contributed by atoms with van der Waals surface area (Å²) in [6.07, 6.45) is 7.06. The SMILES string of the molecule is COc1c(N(CCCN)C2CCCC2)nc[nH]c1=O. The van der Waals surface area contributed by atoms with Gasteiger partial charge in [0, 0.05) is 12.6 Å². The van der Waals surface area contributed by atoms with Gasteiger partial charge in [0.1, 0.15) is 0 Å². The third kappa shape index (κ3) is 3.07. The molecule has 0 aromatic carbocycles. The first-order valence-corrected chi connectivity index (χ1v) is 6.86. The van der Waals surface area contributed by atoms with E-state index in [4.69, 9.17) is 10.5 Å². The molecular weight excluding hydrogens is 244 g/mol. The zero-order valence-electron chi connectivity index (χ0n) is 11.4. The Morgan fingerprint density at radius 3 is 2.89 bits per heavy atom. The number of anilines is 1. The van der Waals surface area contributed by atoms with Gasteiger partial charge in [0.15, 0.2) is 5.82 Å². The highest BCUT2D eigenvalue weighted by Gasteiger charge is 2.26. The van der Waals surface area contributed by atoms with Gasteiger partial charge in [-0.3, -0.25) is 4.79 Å². The van der Waals surface area contributed by atoms with Crippen molar-refractivity contribution in [3.8, 4) is 5.75 Å². The lowest BCUT2D eigenvalue weighted by molar-refractivity contribution is 0.402. The third-order valence-corrected chi connectivity index (χ3v) is 3.64. The number of aromatic nitrogens is 2. The van der Waals surface area contributed by atoms with E-state index in [0.29, 0.717) is 24.2 Å². The van der Waals surface area contributed by atoms with Crippen molar-refractivity contribution in [3.05, 3.63) is 16.7 Å². The van der Waals surface area contributed by atoms with E-state index in [9.17, 15) is 4.79 Å². The van der Waals surface area contributed by atoms with Crippen LogP contribution in [0.2, 0.25) is 0 Å². The maximum atomic E-state index is 11.8. The normalized spacial score (nSPS) is 15.7. The van der Waals surface area contributed by atoms with E-state index < -0.39 is 0 Å². The molecule has 0 aliphatic heterocycles. The molecular formula is C13H22N4O2. The molecule has 1 fully saturated rings. The fourth-order valence-electron chi connectivity index (χ4n) is 2.71. The van der Waals surface area contributed by atoms with Crippen molar-refractivity contribution in [1.29, 1.82) is 0 Å². The number of hydrogen-bond donors (Lipinski definition) is 2. The third-order valence-electron chi connectivity index (χ3n) is 3.64. The van der Waals surface area contributed by atoms with Gasteiger partial charge < -0.3 is 20.4 Å². The predicted octanol–water partition coefficient (Wildman–Crippen LogP) is 0.876. The Bertz CT molecular complexity index is 454. The highest BCUT2D eigenvalue weighted by Crippen LogP contribution is 2.30. The Balaban J connectivity index is 2.31. The van der Waals surface area contributed by atoms with E-state index in [2.05, 4.69) is 14.9 Å². The summed E-state index contributed by atoms with van der Waals surface area (Å²) in [4.78, 5) is 20.8. The van der Waals surface area contributed by atoms with E-state index in [0.717, 1.165) is 25.8 Å². The highest BCUT2D eigenvalue weighted by atomic mass is 16.5. The van der Waals surface area contributed by atoms with E-state index in [1.807, 2.05) is 0 Å². The minimum Gasteiger partial charge on any atom is -0.489 e. The average Bonchev–Trinajstić information content (AvgIpc) is 2.93. The van der Waals surface area contributed by atoms with Gasteiger partial charge in [0.2, 0.25) is 5.75 Å². The van der Waals surface area contributed by atoms with E-state index in [-0.39, 0.29) is 5.56 Å². The molecule has 19 heavy (non-hydrogen) atoms. The first-order valence-electron chi connectivity index (χ1n) is 6.86. The Labute approximate surface area is 113 Å². The Kier molecular flexibility index (Phi) is 4.79. The second kappa shape index (κ2) is 6.56. The molecule has 1 saturated carbocycles. The summed E-state index contributed by atoms with van der Waals surface area (Å²) in [5, 5.41) is 0. The molecule has 1 heterocycles. The van der Waals surface area contributed by atoms with Gasteiger partial charge in [-0.2, -0.15) is 0 Å². The van der Waals surface area contributed by atoms with Crippen LogP contribution in [0.1, 0.15) is 32.1 Å². The van der Waals surface area contributed by atoms with E-state index in [1.54, 1.807) is 0 Å². The zero-order chi connectivity index (χ0) is 13.7. The molecule has 1 aromatic heterocycles. The zero-order valence-corrected chi connectivity index (χ0v) is 11.4. The molecule has 6 nitrogen and oxygen atoms in total.